The molecule has 0 aromatic rings. The highest BCUT2D eigenvalue weighted by Crippen LogP contribution is 2.35. The lowest BCUT2D eigenvalue weighted by Gasteiger charge is -2.38. The van der Waals surface area contributed by atoms with E-state index < -0.39 is 41.6 Å². The third-order valence-corrected chi connectivity index (χ3v) is 5.13. The van der Waals surface area contributed by atoms with Crippen LogP contribution in [0.1, 0.15) is 39.0 Å². The largest absolute Gasteiger partial charge is 0.347 e. The molecule has 1 aliphatic carbocycles. The van der Waals surface area contributed by atoms with E-state index in [0.717, 1.165) is 0 Å². The van der Waals surface area contributed by atoms with Crippen LogP contribution in [0.4, 0.5) is 13.6 Å². The van der Waals surface area contributed by atoms with Gasteiger partial charge in [-0.1, -0.05) is 0 Å². The van der Waals surface area contributed by atoms with Crippen molar-refractivity contribution < 1.29 is 27.8 Å². The average Bonchev–Trinajstić information content (AvgIpc) is 3.24. The van der Waals surface area contributed by atoms with Crippen LogP contribution in [-0.4, -0.2) is 66.4 Å². The van der Waals surface area contributed by atoms with Gasteiger partial charge in [0.25, 0.3) is 0 Å². The predicted molar refractivity (Wildman–Crippen MR) is 88.7 cm³/mol. The number of urea groups is 1. The van der Waals surface area contributed by atoms with E-state index in [4.69, 9.17) is 14.7 Å². The van der Waals surface area contributed by atoms with E-state index in [-0.39, 0.29) is 0 Å². The summed E-state index contributed by atoms with van der Waals surface area (Å²) in [5.41, 5.74) is -0.988. The van der Waals surface area contributed by atoms with Gasteiger partial charge in [-0.25, -0.2) is 13.6 Å². The summed E-state index contributed by atoms with van der Waals surface area (Å²) < 4.78 is 38.2. The maximum atomic E-state index is 13.5. The second-order valence-electron chi connectivity index (χ2n) is 7.55. The van der Waals surface area contributed by atoms with Crippen molar-refractivity contribution in [1.29, 1.82) is 5.26 Å². The molecule has 3 aliphatic rings. The Morgan fingerprint density at radius 2 is 1.81 bits per heavy atom. The Hall–Kier alpha value is -1.99. The topological polar surface area (TPSA) is 104 Å². The first kappa shape index (κ1) is 19.8. The van der Waals surface area contributed by atoms with Gasteiger partial charge in [-0.3, -0.25) is 4.79 Å². The first-order chi connectivity index (χ1) is 12.7. The van der Waals surface area contributed by atoms with E-state index in [1.54, 1.807) is 0 Å². The summed E-state index contributed by atoms with van der Waals surface area (Å²) in [5.74, 6) is -4.56. The van der Waals surface area contributed by atoms with Gasteiger partial charge in [-0.2, -0.15) is 5.26 Å². The molecule has 0 aromatic carbocycles. The molecule has 8 nitrogen and oxygen atoms in total. The number of rotatable bonds is 5. The van der Waals surface area contributed by atoms with E-state index in [0.29, 0.717) is 58.9 Å². The molecule has 1 atom stereocenters. The molecule has 3 amide bonds. The summed E-state index contributed by atoms with van der Waals surface area (Å²) in [4.78, 5) is 26.3. The normalized spacial score (nSPS) is 24.1. The van der Waals surface area contributed by atoms with Crippen LogP contribution in [0.3, 0.4) is 0 Å². The fraction of sp³-hybridized carbons (Fsp3) is 0.824. The SMILES string of the molecule is CC(F)(F)CC(NC(=O)N1CCC2(CC1)OCCO2)C(=O)NC1(C#N)CC1. The smallest absolute Gasteiger partial charge is 0.318 e. The minimum absolute atomic E-state index is 0.338. The molecule has 2 aliphatic heterocycles. The Morgan fingerprint density at radius 3 is 2.30 bits per heavy atom. The monoisotopic (exact) mass is 386 g/mol. The summed E-state index contributed by atoms with van der Waals surface area (Å²) in [7, 11) is 0. The van der Waals surface area contributed by atoms with Crippen LogP contribution in [0.2, 0.25) is 0 Å². The van der Waals surface area contributed by atoms with Gasteiger partial charge in [0.1, 0.15) is 11.6 Å². The lowest BCUT2D eigenvalue weighted by molar-refractivity contribution is -0.181. The van der Waals surface area contributed by atoms with Crippen LogP contribution >= 0.6 is 0 Å². The van der Waals surface area contributed by atoms with E-state index in [1.165, 1.54) is 4.90 Å². The number of halogens is 2. The number of alkyl halides is 2. The van der Waals surface area contributed by atoms with Gasteiger partial charge >= 0.3 is 6.03 Å². The van der Waals surface area contributed by atoms with Crippen molar-refractivity contribution >= 4 is 11.9 Å². The predicted octanol–water partition coefficient (Wildman–Crippen LogP) is 1.12. The fourth-order valence-electron chi connectivity index (χ4n) is 3.36. The molecule has 2 N–H and O–H groups in total. The molecule has 3 rings (SSSR count). The molecule has 0 aromatic heterocycles. The van der Waals surface area contributed by atoms with Gasteiger partial charge in [0.15, 0.2) is 5.79 Å². The zero-order valence-electron chi connectivity index (χ0n) is 15.2. The summed E-state index contributed by atoms with van der Waals surface area (Å²) in [6.45, 7) is 2.40. The number of likely N-dealkylation sites (tertiary alicyclic amines) is 1. The number of nitrogens with zero attached hydrogens (tertiary/aromatic N) is 2. The summed E-state index contributed by atoms with van der Waals surface area (Å²) in [6.07, 6.45) is 1.09. The first-order valence-electron chi connectivity index (χ1n) is 9.10. The summed E-state index contributed by atoms with van der Waals surface area (Å²) in [5, 5.41) is 14.0. The highest BCUT2D eigenvalue weighted by Gasteiger charge is 2.47. The van der Waals surface area contributed by atoms with Crippen LogP contribution in [0.15, 0.2) is 0 Å². The van der Waals surface area contributed by atoms with Crippen LogP contribution < -0.4 is 10.6 Å². The third kappa shape index (κ3) is 4.84. The minimum atomic E-state index is -3.14. The number of carbonyl (C=O) groups excluding carboxylic acids is 2. The van der Waals surface area contributed by atoms with Crippen molar-refractivity contribution in [1.82, 2.24) is 15.5 Å². The van der Waals surface area contributed by atoms with Crippen LogP contribution in [0.5, 0.6) is 0 Å². The molecule has 2 saturated heterocycles. The zero-order valence-corrected chi connectivity index (χ0v) is 15.2. The molecule has 2 heterocycles. The number of hydrogen-bond acceptors (Lipinski definition) is 5. The highest BCUT2D eigenvalue weighted by atomic mass is 19.3. The highest BCUT2D eigenvalue weighted by molar-refractivity contribution is 5.88. The zero-order chi connectivity index (χ0) is 19.7. The Kier molecular flexibility index (Phi) is 5.27. The number of hydrogen-bond donors (Lipinski definition) is 2. The number of piperidine rings is 1. The number of nitriles is 1. The van der Waals surface area contributed by atoms with Crippen molar-refractivity contribution in [3.8, 4) is 6.07 Å². The van der Waals surface area contributed by atoms with Crippen LogP contribution in [-0.2, 0) is 14.3 Å². The average molecular weight is 386 g/mol. The van der Waals surface area contributed by atoms with Crippen molar-refractivity contribution in [2.75, 3.05) is 26.3 Å². The van der Waals surface area contributed by atoms with Gasteiger partial charge in [-0.15, -0.1) is 0 Å². The van der Waals surface area contributed by atoms with Gasteiger partial charge in [-0.05, 0) is 19.8 Å². The molecule has 0 radical (unpaired) electrons. The third-order valence-electron chi connectivity index (χ3n) is 5.13. The van der Waals surface area contributed by atoms with Gasteiger partial charge in [0.05, 0.1) is 19.3 Å². The van der Waals surface area contributed by atoms with Gasteiger partial charge in [0, 0.05) is 32.4 Å². The molecular formula is C17H24F2N4O4. The summed E-state index contributed by atoms with van der Waals surface area (Å²) in [6, 6.07) is -0.0320. The molecule has 1 spiro atoms. The van der Waals surface area contributed by atoms with Gasteiger partial charge in [0.2, 0.25) is 11.8 Å². The lowest BCUT2D eigenvalue weighted by Crippen LogP contribution is -2.57. The van der Waals surface area contributed by atoms with Crippen molar-refractivity contribution in [3.05, 3.63) is 0 Å². The van der Waals surface area contributed by atoms with Crippen LogP contribution in [0, 0.1) is 11.3 Å². The van der Waals surface area contributed by atoms with Crippen molar-refractivity contribution in [3.63, 3.8) is 0 Å². The fourth-order valence-corrected chi connectivity index (χ4v) is 3.36. The second kappa shape index (κ2) is 7.20. The van der Waals surface area contributed by atoms with E-state index in [9.17, 15) is 18.4 Å². The summed E-state index contributed by atoms with van der Waals surface area (Å²) >= 11 is 0. The molecule has 10 heteroatoms. The number of carbonyl (C=O) groups is 2. The first-order valence-corrected chi connectivity index (χ1v) is 9.10. The van der Waals surface area contributed by atoms with E-state index in [2.05, 4.69) is 10.6 Å². The number of nitrogens with one attached hydrogen (secondary N) is 2. The van der Waals surface area contributed by atoms with E-state index in [1.807, 2.05) is 6.07 Å². The Bertz CT molecular complexity index is 626. The second-order valence-corrected chi connectivity index (χ2v) is 7.55. The molecule has 0 bridgehead atoms. The Labute approximate surface area is 156 Å². The van der Waals surface area contributed by atoms with Crippen molar-refractivity contribution in [2.45, 2.75) is 62.3 Å². The maximum Gasteiger partial charge on any atom is 0.318 e. The number of ether oxygens (including phenoxy) is 2. The maximum absolute atomic E-state index is 13.5. The standard InChI is InChI=1S/C17H24F2N4O4/c1-15(18,19)10-12(13(24)22-16(11-20)2-3-16)21-14(25)23-6-4-17(5-7-23)26-8-9-27-17/h12H,2-10H2,1H3,(H,21,25)(H,22,24). The molecule has 1 saturated carbocycles. The molecule has 27 heavy (non-hydrogen) atoms. The Morgan fingerprint density at radius 1 is 1.22 bits per heavy atom. The molecule has 1 unspecified atom stereocenters. The Balaban J connectivity index is 1.58. The quantitative estimate of drug-likeness (QED) is 0.737. The molecular weight excluding hydrogens is 362 g/mol. The lowest BCUT2D eigenvalue weighted by atomic mass is 10.0. The molecule has 150 valence electrons. The minimum Gasteiger partial charge on any atom is -0.347 e. The van der Waals surface area contributed by atoms with Crippen LogP contribution in [0.25, 0.3) is 0 Å². The molecule has 3 fully saturated rings. The van der Waals surface area contributed by atoms with Crippen molar-refractivity contribution in [2.24, 2.45) is 0 Å². The van der Waals surface area contributed by atoms with E-state index >= 15 is 0 Å². The van der Waals surface area contributed by atoms with Gasteiger partial charge < -0.3 is 25.0 Å². The number of amides is 3.